The van der Waals surface area contributed by atoms with Crippen molar-refractivity contribution in [3.63, 3.8) is 0 Å². The molecule has 1 aromatic rings. The average molecular weight is 878 g/mol. The van der Waals surface area contributed by atoms with E-state index in [4.69, 9.17) is 19.7 Å². The standard InChI is InChI=1S/C41H67N9O10S/c1-9-28(4)36(48(6)40(54)35(27(2)3)45-41(55)49-20-22-60-23-21-49)33(58-7)26-34(51)50-19-13-17-32(50)37(59-8)29(5)38(52)44-31(25-30-15-11-10-12-16-30)39(53)46-61(56,57)24-14-18-43-47-42/h10-12,15-16,27-29,31-33,35-37H,9,13-14,17-26H2,1-8H3,(H,44,52)(H,45,55)(H,46,53)/t28-,29+,31-,32-,33-,35-,36-,37+/m0/s1. The summed E-state index contributed by atoms with van der Waals surface area (Å²) < 4.78 is 44.8. The minimum Gasteiger partial charge on any atom is -0.379 e. The molecule has 1 aromatic carbocycles. The van der Waals surface area contributed by atoms with Crippen LogP contribution in [0.5, 0.6) is 0 Å². The molecule has 2 saturated heterocycles. The lowest BCUT2D eigenvalue weighted by atomic mass is 9.89. The Balaban J connectivity index is 1.78. The molecule has 2 aliphatic rings. The Bertz CT molecular complexity index is 1760. The van der Waals surface area contributed by atoms with Gasteiger partial charge in [-0.05, 0) is 42.2 Å². The Hall–Kier alpha value is -4.49. The third kappa shape index (κ3) is 14.8. The Morgan fingerprint density at radius 3 is 2.26 bits per heavy atom. The van der Waals surface area contributed by atoms with E-state index in [-0.39, 0.29) is 55.5 Å². The third-order valence-corrected chi connectivity index (χ3v) is 13.0. The van der Waals surface area contributed by atoms with E-state index >= 15 is 0 Å². The quantitative estimate of drug-likeness (QED) is 0.0629. The van der Waals surface area contributed by atoms with Crippen molar-refractivity contribution in [3.05, 3.63) is 46.3 Å². The fourth-order valence-electron chi connectivity index (χ4n) is 8.04. The fraction of sp³-hybridized carbons (Fsp3) is 0.732. The lowest BCUT2D eigenvalue weighted by molar-refractivity contribution is -0.147. The van der Waals surface area contributed by atoms with E-state index in [1.807, 2.05) is 32.4 Å². The number of hydrogen-bond acceptors (Lipinski definition) is 11. The van der Waals surface area contributed by atoms with E-state index in [2.05, 4.69) is 20.7 Å². The smallest absolute Gasteiger partial charge is 0.318 e. The van der Waals surface area contributed by atoms with E-state index in [0.717, 1.165) is 0 Å². The Morgan fingerprint density at radius 2 is 1.67 bits per heavy atom. The molecule has 0 aromatic heterocycles. The van der Waals surface area contributed by atoms with E-state index in [0.29, 0.717) is 57.7 Å². The molecule has 0 spiro atoms. The lowest BCUT2D eigenvalue weighted by Gasteiger charge is -2.41. The molecule has 2 aliphatic heterocycles. The number of methoxy groups -OCH3 is 2. The van der Waals surface area contributed by atoms with Crippen LogP contribution in [-0.4, -0.2) is 156 Å². The van der Waals surface area contributed by atoms with Gasteiger partial charge in [0.1, 0.15) is 12.1 Å². The lowest BCUT2D eigenvalue weighted by Crippen LogP contribution is -2.59. The number of amides is 6. The van der Waals surface area contributed by atoms with Crippen LogP contribution in [0.15, 0.2) is 35.4 Å². The van der Waals surface area contributed by atoms with Gasteiger partial charge in [-0.25, -0.2) is 13.2 Å². The molecule has 0 radical (unpaired) electrons. The van der Waals surface area contributed by atoms with Crippen LogP contribution in [0.4, 0.5) is 4.79 Å². The molecule has 3 N–H and O–H groups in total. The maximum Gasteiger partial charge on any atom is 0.318 e. The van der Waals surface area contributed by atoms with Gasteiger partial charge >= 0.3 is 6.03 Å². The monoisotopic (exact) mass is 877 g/mol. The van der Waals surface area contributed by atoms with Crippen LogP contribution in [0.3, 0.4) is 0 Å². The number of benzene rings is 1. The molecule has 2 fully saturated rings. The van der Waals surface area contributed by atoms with Crippen LogP contribution in [0.2, 0.25) is 0 Å². The van der Waals surface area contributed by atoms with Gasteiger partial charge in [-0.15, -0.1) is 0 Å². The number of azide groups is 1. The van der Waals surface area contributed by atoms with Gasteiger partial charge in [0.05, 0.1) is 55.6 Å². The van der Waals surface area contributed by atoms with Crippen molar-refractivity contribution in [1.82, 2.24) is 30.1 Å². The molecule has 342 valence electrons. The number of likely N-dealkylation sites (N-methyl/N-ethyl adjacent to an activating group) is 1. The second-order valence-electron chi connectivity index (χ2n) is 16.2. The highest BCUT2D eigenvalue weighted by atomic mass is 32.2. The topological polar surface area (TPSA) is 242 Å². The summed E-state index contributed by atoms with van der Waals surface area (Å²) in [4.78, 5) is 76.6. The number of morpholine rings is 1. The maximum absolute atomic E-state index is 14.3. The van der Waals surface area contributed by atoms with Crippen LogP contribution < -0.4 is 15.4 Å². The van der Waals surface area contributed by atoms with Gasteiger partial charge in [0, 0.05) is 58.8 Å². The fourth-order valence-corrected chi connectivity index (χ4v) is 9.10. The van der Waals surface area contributed by atoms with Crippen LogP contribution >= 0.6 is 0 Å². The number of carbonyl (C=O) groups excluding carboxylic acids is 5. The predicted molar refractivity (Wildman–Crippen MR) is 228 cm³/mol. The van der Waals surface area contributed by atoms with Crippen molar-refractivity contribution in [2.75, 3.05) is 66.4 Å². The summed E-state index contributed by atoms with van der Waals surface area (Å²) >= 11 is 0. The first kappa shape index (κ1) is 50.9. The number of carbonyl (C=O) groups is 5. The molecule has 61 heavy (non-hydrogen) atoms. The minimum atomic E-state index is -4.12. The average Bonchev–Trinajstić information content (AvgIpc) is 3.73. The Labute approximate surface area is 360 Å². The first-order valence-corrected chi connectivity index (χ1v) is 22.8. The number of nitrogens with zero attached hydrogens (tertiary/aromatic N) is 6. The van der Waals surface area contributed by atoms with Crippen molar-refractivity contribution < 1.29 is 46.6 Å². The largest absolute Gasteiger partial charge is 0.379 e. The molecule has 8 atom stereocenters. The normalized spacial score (nSPS) is 19.1. The van der Waals surface area contributed by atoms with Crippen LogP contribution in [0.1, 0.15) is 72.3 Å². The molecule has 0 unspecified atom stereocenters. The van der Waals surface area contributed by atoms with Crippen LogP contribution in [0, 0.1) is 17.8 Å². The molecule has 0 aliphatic carbocycles. The second kappa shape index (κ2) is 24.8. The predicted octanol–water partition coefficient (Wildman–Crippen LogP) is 2.85. The molecule has 2 heterocycles. The highest BCUT2D eigenvalue weighted by Crippen LogP contribution is 2.30. The summed E-state index contributed by atoms with van der Waals surface area (Å²) in [5.74, 6) is -3.70. The first-order valence-electron chi connectivity index (χ1n) is 21.1. The highest BCUT2D eigenvalue weighted by Gasteiger charge is 2.43. The molecule has 0 bridgehead atoms. The summed E-state index contributed by atoms with van der Waals surface area (Å²) in [6, 6.07) is 5.35. The van der Waals surface area contributed by atoms with Crippen LogP contribution in [0.25, 0.3) is 10.4 Å². The van der Waals surface area contributed by atoms with Crippen molar-refractivity contribution in [3.8, 4) is 0 Å². The summed E-state index contributed by atoms with van der Waals surface area (Å²) in [5, 5.41) is 9.00. The van der Waals surface area contributed by atoms with Gasteiger partial charge < -0.3 is 39.5 Å². The first-order chi connectivity index (χ1) is 29.0. The van der Waals surface area contributed by atoms with Gasteiger partial charge in [-0.2, -0.15) is 0 Å². The number of hydrogen-bond donors (Lipinski definition) is 3. The van der Waals surface area contributed by atoms with Crippen molar-refractivity contribution >= 4 is 39.7 Å². The number of sulfonamides is 1. The van der Waals surface area contributed by atoms with Crippen molar-refractivity contribution in [2.45, 2.75) is 110 Å². The third-order valence-electron chi connectivity index (χ3n) is 11.7. The Morgan fingerprint density at radius 1 is 1.00 bits per heavy atom. The van der Waals surface area contributed by atoms with Crippen molar-refractivity contribution in [1.29, 1.82) is 0 Å². The number of ether oxygens (including phenoxy) is 3. The number of urea groups is 1. The molecule has 19 nitrogen and oxygen atoms in total. The van der Waals surface area contributed by atoms with E-state index in [9.17, 15) is 32.4 Å². The minimum absolute atomic E-state index is 0.00222. The molecule has 6 amide bonds. The second-order valence-corrected chi connectivity index (χ2v) is 18.0. The molecular weight excluding hydrogens is 811 g/mol. The summed E-state index contributed by atoms with van der Waals surface area (Å²) in [6.07, 6.45) is 0.273. The van der Waals surface area contributed by atoms with Gasteiger partial charge in [-0.1, -0.05) is 76.5 Å². The SMILES string of the molecule is CC[C@H](C)[C@@H]([C@H](CC(=O)N1CCC[C@H]1[C@H](OC)[C@@H](C)C(=O)N[C@@H](Cc1ccccc1)C(=O)NS(=O)(=O)CCCN=[N+]=[N-])OC)N(C)C(=O)[C@@H](NC(=O)N1CCOCC1)C(C)C. The van der Waals surface area contributed by atoms with Gasteiger partial charge in [0.25, 0.3) is 5.91 Å². The van der Waals surface area contributed by atoms with Gasteiger partial charge in [-0.3, -0.25) is 23.9 Å². The molecule has 3 rings (SSSR count). The Kier molecular flexibility index (Phi) is 20.7. The number of likely N-dealkylation sites (tertiary alicyclic amines) is 1. The van der Waals surface area contributed by atoms with E-state index in [1.54, 1.807) is 59.0 Å². The zero-order chi connectivity index (χ0) is 45.3. The maximum atomic E-state index is 14.3. The van der Waals surface area contributed by atoms with Crippen molar-refractivity contribution in [2.24, 2.45) is 22.9 Å². The molecular formula is C41H67N9O10S. The van der Waals surface area contributed by atoms with E-state index in [1.165, 1.54) is 14.2 Å². The van der Waals surface area contributed by atoms with Crippen LogP contribution in [-0.2, 0) is 49.8 Å². The van der Waals surface area contributed by atoms with Gasteiger partial charge in [0.15, 0.2) is 0 Å². The summed E-state index contributed by atoms with van der Waals surface area (Å²) in [7, 11) is 0.522. The van der Waals surface area contributed by atoms with E-state index < -0.39 is 69.9 Å². The number of rotatable bonds is 23. The zero-order valence-corrected chi connectivity index (χ0v) is 37.8. The summed E-state index contributed by atoms with van der Waals surface area (Å²) in [6.45, 7) is 11.4. The number of nitrogens with one attached hydrogen (secondary N) is 3. The zero-order valence-electron chi connectivity index (χ0n) is 36.9. The highest BCUT2D eigenvalue weighted by molar-refractivity contribution is 7.90. The van der Waals surface area contributed by atoms with Gasteiger partial charge in [0.2, 0.25) is 27.7 Å². The molecule has 0 saturated carbocycles. The summed E-state index contributed by atoms with van der Waals surface area (Å²) in [5.41, 5.74) is 9.18. The molecule has 20 heteroatoms.